The minimum atomic E-state index is -0.496. The Morgan fingerprint density at radius 3 is 2.70 bits per heavy atom. The molecule has 0 aromatic heterocycles. The van der Waals surface area contributed by atoms with E-state index in [-0.39, 0.29) is 18.3 Å². The Hall–Kier alpha value is -1.26. The molecule has 0 spiro atoms. The molecule has 1 aromatic carbocycles. The molecule has 0 aliphatic carbocycles. The van der Waals surface area contributed by atoms with E-state index in [4.69, 9.17) is 27.9 Å². The van der Waals surface area contributed by atoms with Gasteiger partial charge in [-0.2, -0.15) is 0 Å². The van der Waals surface area contributed by atoms with Crippen LogP contribution in [0.25, 0.3) is 0 Å². The van der Waals surface area contributed by atoms with Crippen molar-refractivity contribution < 1.29 is 14.3 Å². The van der Waals surface area contributed by atoms with Gasteiger partial charge in [-0.3, -0.25) is 4.79 Å². The lowest BCUT2D eigenvalue weighted by Gasteiger charge is -2.37. The van der Waals surface area contributed by atoms with Gasteiger partial charge in [0.15, 0.2) is 0 Å². The lowest BCUT2D eigenvalue weighted by molar-refractivity contribution is -0.157. The highest BCUT2D eigenvalue weighted by atomic mass is 35.5. The van der Waals surface area contributed by atoms with E-state index in [2.05, 4.69) is 6.92 Å². The first kappa shape index (κ1) is 18.1. The summed E-state index contributed by atoms with van der Waals surface area (Å²) in [6, 6.07) is 4.57. The van der Waals surface area contributed by atoms with Gasteiger partial charge in [0, 0.05) is 16.6 Å². The highest BCUT2D eigenvalue weighted by molar-refractivity contribution is 6.35. The van der Waals surface area contributed by atoms with Crippen molar-refractivity contribution >= 4 is 35.1 Å². The highest BCUT2D eigenvalue weighted by Crippen LogP contribution is 2.26. The van der Waals surface area contributed by atoms with Crippen molar-refractivity contribution in [1.29, 1.82) is 0 Å². The third kappa shape index (κ3) is 4.61. The molecule has 4 nitrogen and oxygen atoms in total. The quantitative estimate of drug-likeness (QED) is 0.771. The van der Waals surface area contributed by atoms with Gasteiger partial charge in [-0.1, -0.05) is 36.2 Å². The van der Waals surface area contributed by atoms with Gasteiger partial charge in [0.05, 0.1) is 13.0 Å². The number of nitrogens with zero attached hydrogens (tertiary/aromatic N) is 1. The van der Waals surface area contributed by atoms with Gasteiger partial charge in [-0.05, 0) is 43.4 Å². The summed E-state index contributed by atoms with van der Waals surface area (Å²) in [5.41, 5.74) is 0.710. The molecule has 6 heteroatoms. The standard InChI is InChI=1S/C17H21Cl2NO3/c1-3-23-17(22)15-7-4-11(2)10-20(15)16(21)8-12-5-6-13(18)9-14(12)19/h5-6,9,11,15H,3-4,7-8,10H2,1-2H3. The number of likely N-dealkylation sites (tertiary alicyclic amines) is 1. The van der Waals surface area contributed by atoms with Gasteiger partial charge in [-0.25, -0.2) is 4.79 Å². The number of hydrogen-bond donors (Lipinski definition) is 0. The number of rotatable bonds is 4. The highest BCUT2D eigenvalue weighted by Gasteiger charge is 2.35. The average Bonchev–Trinajstić information content (AvgIpc) is 2.50. The minimum absolute atomic E-state index is 0.112. The minimum Gasteiger partial charge on any atom is -0.464 e. The summed E-state index contributed by atoms with van der Waals surface area (Å²) in [6.45, 7) is 4.73. The zero-order valence-corrected chi connectivity index (χ0v) is 14.9. The molecule has 0 radical (unpaired) electrons. The fourth-order valence-electron chi connectivity index (χ4n) is 2.84. The Bertz CT molecular complexity index is 591. The maximum atomic E-state index is 12.7. The van der Waals surface area contributed by atoms with Gasteiger partial charge in [0.1, 0.15) is 6.04 Å². The summed E-state index contributed by atoms with van der Waals surface area (Å²) < 4.78 is 5.11. The molecule has 1 aliphatic heterocycles. The van der Waals surface area contributed by atoms with Crippen molar-refractivity contribution in [2.24, 2.45) is 5.92 Å². The lowest BCUT2D eigenvalue weighted by Crippen LogP contribution is -2.51. The molecule has 2 rings (SSSR count). The average molecular weight is 358 g/mol. The van der Waals surface area contributed by atoms with Gasteiger partial charge < -0.3 is 9.64 Å². The van der Waals surface area contributed by atoms with Crippen LogP contribution >= 0.6 is 23.2 Å². The fourth-order valence-corrected chi connectivity index (χ4v) is 3.32. The van der Waals surface area contributed by atoms with E-state index in [1.165, 1.54) is 0 Å². The van der Waals surface area contributed by atoms with Gasteiger partial charge in [0.25, 0.3) is 0 Å². The monoisotopic (exact) mass is 357 g/mol. The molecule has 0 saturated carbocycles. The Kier molecular flexibility index (Phi) is 6.31. The van der Waals surface area contributed by atoms with Gasteiger partial charge >= 0.3 is 5.97 Å². The topological polar surface area (TPSA) is 46.6 Å². The molecular weight excluding hydrogens is 337 g/mol. The summed E-state index contributed by atoms with van der Waals surface area (Å²) in [7, 11) is 0. The van der Waals surface area contributed by atoms with Crippen LogP contribution in [0, 0.1) is 5.92 Å². The zero-order valence-electron chi connectivity index (χ0n) is 13.4. The smallest absolute Gasteiger partial charge is 0.328 e. The van der Waals surface area contributed by atoms with Crippen molar-refractivity contribution in [2.45, 2.75) is 39.2 Å². The van der Waals surface area contributed by atoms with Crippen molar-refractivity contribution in [3.05, 3.63) is 33.8 Å². The number of carbonyl (C=O) groups is 2. The van der Waals surface area contributed by atoms with Crippen LogP contribution in [0.1, 0.15) is 32.3 Å². The van der Waals surface area contributed by atoms with Crippen molar-refractivity contribution in [3.63, 3.8) is 0 Å². The predicted molar refractivity (Wildman–Crippen MR) is 90.7 cm³/mol. The Balaban J connectivity index is 2.14. The van der Waals surface area contributed by atoms with E-state index in [1.54, 1.807) is 30.0 Å². The second kappa shape index (κ2) is 8.02. The number of halogens is 2. The van der Waals surface area contributed by atoms with Crippen molar-refractivity contribution in [2.75, 3.05) is 13.2 Å². The van der Waals surface area contributed by atoms with Crippen LogP contribution in [0.2, 0.25) is 10.0 Å². The number of esters is 1. The number of ether oxygens (including phenoxy) is 1. The SMILES string of the molecule is CCOC(=O)C1CCC(C)CN1C(=O)Cc1ccc(Cl)cc1Cl. The number of piperidine rings is 1. The van der Waals surface area contributed by atoms with E-state index in [1.807, 2.05) is 0 Å². The van der Waals surface area contributed by atoms with Crippen LogP contribution in [-0.4, -0.2) is 36.0 Å². The molecule has 1 aromatic rings. The summed E-state index contributed by atoms with van der Waals surface area (Å²) >= 11 is 12.0. The predicted octanol–water partition coefficient (Wildman–Crippen LogP) is 3.73. The van der Waals surface area contributed by atoms with E-state index in [0.717, 1.165) is 6.42 Å². The maximum absolute atomic E-state index is 12.7. The van der Waals surface area contributed by atoms with E-state index < -0.39 is 6.04 Å². The second-order valence-electron chi connectivity index (χ2n) is 5.91. The van der Waals surface area contributed by atoms with E-state index in [9.17, 15) is 9.59 Å². The van der Waals surface area contributed by atoms with Crippen molar-refractivity contribution in [1.82, 2.24) is 4.90 Å². The summed E-state index contributed by atoms with van der Waals surface area (Å²) in [6.07, 6.45) is 1.70. The molecule has 1 saturated heterocycles. The normalized spacial score (nSPS) is 21.1. The van der Waals surface area contributed by atoms with Gasteiger partial charge in [0.2, 0.25) is 5.91 Å². The second-order valence-corrected chi connectivity index (χ2v) is 6.75. The molecule has 1 aliphatic rings. The van der Waals surface area contributed by atoms with E-state index in [0.29, 0.717) is 41.1 Å². The Morgan fingerprint density at radius 2 is 2.04 bits per heavy atom. The van der Waals surface area contributed by atoms with Crippen LogP contribution in [0.5, 0.6) is 0 Å². The first-order valence-electron chi connectivity index (χ1n) is 7.82. The summed E-state index contributed by atoms with van der Waals surface area (Å²) in [5.74, 6) is -0.0703. The molecule has 126 valence electrons. The van der Waals surface area contributed by atoms with Crippen LogP contribution in [-0.2, 0) is 20.7 Å². The molecule has 1 heterocycles. The third-order valence-corrected chi connectivity index (χ3v) is 4.64. The number of amides is 1. The van der Waals surface area contributed by atoms with Crippen molar-refractivity contribution in [3.8, 4) is 0 Å². The molecular formula is C17H21Cl2NO3. The molecule has 0 N–H and O–H groups in total. The molecule has 2 atom stereocenters. The molecule has 1 fully saturated rings. The van der Waals surface area contributed by atoms with E-state index >= 15 is 0 Å². The fraction of sp³-hybridized carbons (Fsp3) is 0.529. The molecule has 2 unspecified atom stereocenters. The summed E-state index contributed by atoms with van der Waals surface area (Å²) in [4.78, 5) is 26.5. The summed E-state index contributed by atoms with van der Waals surface area (Å²) in [5, 5.41) is 0.991. The Labute approximate surface area is 146 Å². The first-order chi connectivity index (χ1) is 10.9. The maximum Gasteiger partial charge on any atom is 0.328 e. The number of hydrogen-bond acceptors (Lipinski definition) is 3. The van der Waals surface area contributed by atoms with Gasteiger partial charge in [-0.15, -0.1) is 0 Å². The lowest BCUT2D eigenvalue weighted by atomic mass is 9.93. The van der Waals surface area contributed by atoms with Crippen LogP contribution in [0.4, 0.5) is 0 Å². The number of carbonyl (C=O) groups excluding carboxylic acids is 2. The third-order valence-electron chi connectivity index (χ3n) is 4.05. The molecule has 23 heavy (non-hydrogen) atoms. The zero-order chi connectivity index (χ0) is 17.0. The van der Waals surface area contributed by atoms with Crippen LogP contribution in [0.15, 0.2) is 18.2 Å². The van der Waals surface area contributed by atoms with Crippen LogP contribution < -0.4 is 0 Å². The largest absolute Gasteiger partial charge is 0.464 e. The molecule has 0 bridgehead atoms. The van der Waals surface area contributed by atoms with Crippen LogP contribution in [0.3, 0.4) is 0 Å². The number of benzene rings is 1. The molecule has 1 amide bonds. The first-order valence-corrected chi connectivity index (χ1v) is 8.58. The Morgan fingerprint density at radius 1 is 1.30 bits per heavy atom.